The van der Waals surface area contributed by atoms with E-state index in [9.17, 15) is 0 Å². The highest BCUT2D eigenvalue weighted by molar-refractivity contribution is 5.42. The molecule has 0 aromatic carbocycles. The Balaban J connectivity index is 1.83. The predicted octanol–water partition coefficient (Wildman–Crippen LogP) is 0.701. The van der Waals surface area contributed by atoms with Crippen molar-refractivity contribution >= 4 is 11.6 Å². The van der Waals surface area contributed by atoms with Gasteiger partial charge in [0.05, 0.1) is 0 Å². The molecule has 0 aliphatic heterocycles. The summed E-state index contributed by atoms with van der Waals surface area (Å²) in [5.74, 6) is 1.92. The maximum atomic E-state index is 5.53. The monoisotopic (exact) mass is 205 g/mol. The average Bonchev–Trinajstić information content (AvgIpc) is 2.71. The van der Waals surface area contributed by atoms with Crippen LogP contribution in [-0.2, 0) is 6.42 Å². The molecule has 3 N–H and O–H groups in total. The molecule has 2 aromatic heterocycles. The minimum Gasteiger partial charge on any atom is -0.384 e. The Morgan fingerprint density at radius 3 is 3.07 bits per heavy atom. The highest BCUT2D eigenvalue weighted by Gasteiger charge is 1.98. The molecule has 0 saturated carbocycles. The third kappa shape index (κ3) is 2.67. The number of hydrogen-bond acceptors (Lipinski definition) is 6. The van der Waals surface area contributed by atoms with Crippen LogP contribution in [-0.4, -0.2) is 21.7 Å². The average molecular weight is 205 g/mol. The molecule has 2 aromatic rings. The lowest BCUT2D eigenvalue weighted by molar-refractivity contribution is 0.410. The zero-order valence-corrected chi connectivity index (χ0v) is 8.05. The Morgan fingerprint density at radius 2 is 2.33 bits per heavy atom. The SMILES string of the molecule is Nc1cccc(NCCc2ncon2)n1. The summed E-state index contributed by atoms with van der Waals surface area (Å²) < 4.78 is 4.61. The number of aromatic nitrogens is 3. The Hall–Kier alpha value is -2.11. The number of nitrogens with zero attached hydrogens (tertiary/aromatic N) is 3. The molecule has 0 amide bonds. The summed E-state index contributed by atoms with van der Waals surface area (Å²) in [6.45, 7) is 0.690. The van der Waals surface area contributed by atoms with Gasteiger partial charge in [0, 0.05) is 13.0 Å². The lowest BCUT2D eigenvalue weighted by atomic mass is 10.4. The fourth-order valence-corrected chi connectivity index (χ4v) is 1.15. The first kappa shape index (κ1) is 9.45. The van der Waals surface area contributed by atoms with E-state index in [1.54, 1.807) is 6.07 Å². The first-order valence-electron chi connectivity index (χ1n) is 4.56. The minimum atomic E-state index is 0.500. The van der Waals surface area contributed by atoms with Crippen LogP contribution in [0.25, 0.3) is 0 Å². The first-order valence-corrected chi connectivity index (χ1v) is 4.56. The summed E-state index contributed by atoms with van der Waals surface area (Å²) in [5.41, 5.74) is 5.53. The van der Waals surface area contributed by atoms with E-state index in [2.05, 4.69) is 25.0 Å². The van der Waals surface area contributed by atoms with Crippen molar-refractivity contribution in [2.45, 2.75) is 6.42 Å². The molecule has 6 nitrogen and oxygen atoms in total. The molecular weight excluding hydrogens is 194 g/mol. The van der Waals surface area contributed by atoms with Crippen LogP contribution < -0.4 is 11.1 Å². The van der Waals surface area contributed by atoms with Gasteiger partial charge in [0.15, 0.2) is 5.82 Å². The highest BCUT2D eigenvalue weighted by Crippen LogP contribution is 2.05. The van der Waals surface area contributed by atoms with Gasteiger partial charge >= 0.3 is 0 Å². The standard InChI is InChI=1S/C9H11N5O/c10-7-2-1-3-8(13-7)11-5-4-9-12-6-15-14-9/h1-3,6H,4-5H2,(H3,10,11,13). The van der Waals surface area contributed by atoms with E-state index in [1.165, 1.54) is 6.39 Å². The summed E-state index contributed by atoms with van der Waals surface area (Å²) >= 11 is 0. The topological polar surface area (TPSA) is 89.9 Å². The van der Waals surface area contributed by atoms with Gasteiger partial charge in [0.25, 0.3) is 0 Å². The van der Waals surface area contributed by atoms with Gasteiger partial charge < -0.3 is 15.6 Å². The number of pyridine rings is 1. The molecular formula is C9H11N5O. The van der Waals surface area contributed by atoms with E-state index in [-0.39, 0.29) is 0 Å². The number of nitrogens with one attached hydrogen (secondary N) is 1. The first-order chi connectivity index (χ1) is 7.34. The van der Waals surface area contributed by atoms with Crippen LogP contribution in [0.4, 0.5) is 11.6 Å². The minimum absolute atomic E-state index is 0.500. The highest BCUT2D eigenvalue weighted by atomic mass is 16.5. The Kier molecular flexibility index (Phi) is 2.77. The van der Waals surface area contributed by atoms with Crippen molar-refractivity contribution in [3.05, 3.63) is 30.4 Å². The smallest absolute Gasteiger partial charge is 0.213 e. The number of nitrogens with two attached hydrogens (primary N) is 1. The van der Waals surface area contributed by atoms with E-state index < -0.39 is 0 Å². The van der Waals surface area contributed by atoms with E-state index in [0.717, 1.165) is 5.82 Å². The van der Waals surface area contributed by atoms with Crippen LogP contribution in [0, 0.1) is 0 Å². The normalized spacial score (nSPS) is 10.1. The molecule has 15 heavy (non-hydrogen) atoms. The zero-order valence-electron chi connectivity index (χ0n) is 8.05. The van der Waals surface area contributed by atoms with Crippen LogP contribution in [0.3, 0.4) is 0 Å². The number of nitrogen functional groups attached to an aromatic ring is 1. The summed E-state index contributed by atoms with van der Waals surface area (Å²) in [5, 5.41) is 6.80. The van der Waals surface area contributed by atoms with E-state index >= 15 is 0 Å². The molecule has 0 saturated heterocycles. The Morgan fingerprint density at radius 1 is 1.40 bits per heavy atom. The zero-order chi connectivity index (χ0) is 10.5. The van der Waals surface area contributed by atoms with Crippen molar-refractivity contribution < 1.29 is 4.52 Å². The van der Waals surface area contributed by atoms with Crippen molar-refractivity contribution in [3.8, 4) is 0 Å². The molecule has 6 heteroatoms. The number of hydrogen-bond donors (Lipinski definition) is 2. The molecule has 0 unspecified atom stereocenters. The fraction of sp³-hybridized carbons (Fsp3) is 0.222. The molecule has 0 aliphatic rings. The second kappa shape index (κ2) is 4.41. The quantitative estimate of drug-likeness (QED) is 0.763. The summed E-state index contributed by atoms with van der Waals surface area (Å²) in [6, 6.07) is 5.44. The van der Waals surface area contributed by atoms with Gasteiger partial charge in [0.1, 0.15) is 11.6 Å². The van der Waals surface area contributed by atoms with Crippen molar-refractivity contribution in [2.75, 3.05) is 17.6 Å². The van der Waals surface area contributed by atoms with Crippen molar-refractivity contribution in [1.29, 1.82) is 0 Å². The molecule has 2 rings (SSSR count). The van der Waals surface area contributed by atoms with E-state index in [1.807, 2.05) is 12.1 Å². The van der Waals surface area contributed by atoms with E-state index in [4.69, 9.17) is 5.73 Å². The van der Waals surface area contributed by atoms with Crippen LogP contribution in [0.5, 0.6) is 0 Å². The van der Waals surface area contributed by atoms with Crippen LogP contribution in [0.1, 0.15) is 5.82 Å². The predicted molar refractivity (Wildman–Crippen MR) is 55.1 cm³/mol. The van der Waals surface area contributed by atoms with Crippen molar-refractivity contribution in [3.63, 3.8) is 0 Å². The number of anilines is 2. The molecule has 78 valence electrons. The Bertz CT molecular complexity index is 414. The van der Waals surface area contributed by atoms with Gasteiger partial charge in [-0.1, -0.05) is 11.2 Å². The van der Waals surface area contributed by atoms with E-state index in [0.29, 0.717) is 24.6 Å². The molecule has 0 bridgehead atoms. The van der Waals surface area contributed by atoms with Gasteiger partial charge in [-0.15, -0.1) is 0 Å². The third-order valence-electron chi connectivity index (χ3n) is 1.83. The lowest BCUT2D eigenvalue weighted by Crippen LogP contribution is -2.07. The number of rotatable bonds is 4. The lowest BCUT2D eigenvalue weighted by Gasteiger charge is -2.03. The summed E-state index contributed by atoms with van der Waals surface area (Å²) in [7, 11) is 0. The second-order valence-electron chi connectivity index (χ2n) is 2.97. The van der Waals surface area contributed by atoms with Crippen LogP contribution in [0.2, 0.25) is 0 Å². The molecule has 0 atom stereocenters. The van der Waals surface area contributed by atoms with Crippen molar-refractivity contribution in [1.82, 2.24) is 15.1 Å². The molecule has 0 aliphatic carbocycles. The maximum Gasteiger partial charge on any atom is 0.213 e. The molecule has 2 heterocycles. The molecule has 0 spiro atoms. The van der Waals surface area contributed by atoms with Gasteiger partial charge in [0.2, 0.25) is 6.39 Å². The summed E-state index contributed by atoms with van der Waals surface area (Å²) in [4.78, 5) is 8.00. The second-order valence-corrected chi connectivity index (χ2v) is 2.97. The van der Waals surface area contributed by atoms with Crippen molar-refractivity contribution in [2.24, 2.45) is 0 Å². The van der Waals surface area contributed by atoms with Crippen LogP contribution >= 0.6 is 0 Å². The van der Waals surface area contributed by atoms with Gasteiger partial charge in [-0.3, -0.25) is 0 Å². The van der Waals surface area contributed by atoms with Gasteiger partial charge in [-0.05, 0) is 12.1 Å². The van der Waals surface area contributed by atoms with Crippen LogP contribution in [0.15, 0.2) is 29.1 Å². The maximum absolute atomic E-state index is 5.53. The van der Waals surface area contributed by atoms with Gasteiger partial charge in [-0.25, -0.2) is 4.98 Å². The summed E-state index contributed by atoms with van der Waals surface area (Å²) in [6.07, 6.45) is 2.00. The van der Waals surface area contributed by atoms with Gasteiger partial charge in [-0.2, -0.15) is 4.98 Å². The third-order valence-corrected chi connectivity index (χ3v) is 1.83. The fourth-order valence-electron chi connectivity index (χ4n) is 1.15. The Labute approximate surface area is 86.5 Å². The largest absolute Gasteiger partial charge is 0.384 e. The molecule has 0 radical (unpaired) electrons. The molecule has 0 fully saturated rings.